The fourth-order valence-electron chi connectivity index (χ4n) is 1.41. The molecule has 3 N–H and O–H groups in total. The molecule has 0 spiro atoms. The summed E-state index contributed by atoms with van der Waals surface area (Å²) in [5.41, 5.74) is 6.79. The molecule has 0 saturated carbocycles. The number of anilines is 1. The maximum Gasteiger partial charge on any atom is 0.251 e. The number of amides is 1. The summed E-state index contributed by atoms with van der Waals surface area (Å²) in [6.07, 6.45) is -0.123. The average molecular weight is 238 g/mol. The first-order chi connectivity index (χ1) is 8.08. The molecule has 1 aromatic carbocycles. The van der Waals surface area contributed by atoms with Gasteiger partial charge in [-0.15, -0.1) is 0 Å². The summed E-state index contributed by atoms with van der Waals surface area (Å²) in [7, 11) is 3.18. The summed E-state index contributed by atoms with van der Waals surface area (Å²) in [6, 6.07) is 4.93. The van der Waals surface area contributed by atoms with Crippen LogP contribution in [-0.4, -0.2) is 32.8 Å². The Morgan fingerprint density at radius 2 is 2.24 bits per heavy atom. The Bertz CT molecular complexity index is 393. The molecular formula is C12H18N2O3. The minimum atomic E-state index is -0.172. The lowest BCUT2D eigenvalue weighted by molar-refractivity contribution is 0.0917. The van der Waals surface area contributed by atoms with E-state index < -0.39 is 0 Å². The Morgan fingerprint density at radius 1 is 1.53 bits per heavy atom. The van der Waals surface area contributed by atoms with E-state index in [-0.39, 0.29) is 12.0 Å². The van der Waals surface area contributed by atoms with Crippen molar-refractivity contribution < 1.29 is 14.3 Å². The maximum atomic E-state index is 11.5. The molecule has 94 valence electrons. The smallest absolute Gasteiger partial charge is 0.251 e. The molecule has 0 aliphatic carbocycles. The van der Waals surface area contributed by atoms with Crippen molar-refractivity contribution in [2.24, 2.45) is 0 Å². The minimum absolute atomic E-state index is 0.123. The summed E-state index contributed by atoms with van der Waals surface area (Å²) in [5, 5.41) is 2.55. The van der Waals surface area contributed by atoms with Crippen LogP contribution in [0.15, 0.2) is 18.2 Å². The molecule has 1 aromatic rings. The van der Waals surface area contributed by atoms with E-state index in [1.165, 1.54) is 0 Å². The van der Waals surface area contributed by atoms with Gasteiger partial charge in [-0.25, -0.2) is 0 Å². The number of hydrogen-bond acceptors (Lipinski definition) is 4. The van der Waals surface area contributed by atoms with Gasteiger partial charge in [0, 0.05) is 19.7 Å². The first kappa shape index (κ1) is 13.3. The highest BCUT2D eigenvalue weighted by atomic mass is 16.5. The molecule has 0 bridgehead atoms. The third kappa shape index (κ3) is 3.64. The number of hydrogen-bond donors (Lipinski definition) is 2. The molecule has 1 atom stereocenters. The summed E-state index contributed by atoms with van der Waals surface area (Å²) in [4.78, 5) is 11.5. The van der Waals surface area contributed by atoms with Crippen LogP contribution in [-0.2, 0) is 4.74 Å². The Hall–Kier alpha value is -1.75. The van der Waals surface area contributed by atoms with Gasteiger partial charge in [-0.3, -0.25) is 4.79 Å². The molecule has 17 heavy (non-hydrogen) atoms. The number of carbonyl (C=O) groups excluding carboxylic acids is 1. The standard InChI is InChI=1S/C12H18N2O3/c1-8(7-16-3)17-11-6-9(12(15)14-2)4-5-10(11)13/h4-6,8H,7,13H2,1-3H3,(H,14,15). The van der Waals surface area contributed by atoms with Crippen molar-refractivity contribution in [2.75, 3.05) is 26.5 Å². The van der Waals surface area contributed by atoms with E-state index in [0.29, 0.717) is 23.6 Å². The largest absolute Gasteiger partial charge is 0.486 e. The van der Waals surface area contributed by atoms with Gasteiger partial charge in [-0.1, -0.05) is 0 Å². The summed E-state index contributed by atoms with van der Waals surface area (Å²) >= 11 is 0. The molecule has 0 aliphatic heterocycles. The number of carbonyl (C=O) groups is 1. The first-order valence-electron chi connectivity index (χ1n) is 5.35. The summed E-state index contributed by atoms with van der Waals surface area (Å²) < 4.78 is 10.6. The van der Waals surface area contributed by atoms with Crippen LogP contribution in [0.4, 0.5) is 5.69 Å². The highest BCUT2D eigenvalue weighted by Gasteiger charge is 2.10. The Morgan fingerprint density at radius 3 is 2.82 bits per heavy atom. The maximum absolute atomic E-state index is 11.5. The van der Waals surface area contributed by atoms with Gasteiger partial charge in [-0.05, 0) is 25.1 Å². The fraction of sp³-hybridized carbons (Fsp3) is 0.417. The quantitative estimate of drug-likeness (QED) is 0.752. The first-order valence-corrected chi connectivity index (χ1v) is 5.35. The van der Waals surface area contributed by atoms with Crippen LogP contribution in [0.25, 0.3) is 0 Å². The van der Waals surface area contributed by atoms with Crippen LogP contribution in [0.1, 0.15) is 17.3 Å². The topological polar surface area (TPSA) is 73.6 Å². The molecule has 0 saturated heterocycles. The van der Waals surface area contributed by atoms with Gasteiger partial charge >= 0.3 is 0 Å². The highest BCUT2D eigenvalue weighted by Crippen LogP contribution is 2.23. The second-order valence-electron chi connectivity index (χ2n) is 3.72. The molecular weight excluding hydrogens is 220 g/mol. The summed E-state index contributed by atoms with van der Waals surface area (Å²) in [5.74, 6) is 0.324. The Kier molecular flexibility index (Phi) is 4.78. The van der Waals surface area contributed by atoms with Gasteiger partial charge in [0.15, 0.2) is 0 Å². The number of nitrogens with two attached hydrogens (primary N) is 1. The van der Waals surface area contributed by atoms with E-state index in [4.69, 9.17) is 15.2 Å². The van der Waals surface area contributed by atoms with Crippen molar-refractivity contribution in [1.29, 1.82) is 0 Å². The van der Waals surface area contributed by atoms with Gasteiger partial charge in [0.25, 0.3) is 5.91 Å². The zero-order valence-corrected chi connectivity index (χ0v) is 10.3. The molecule has 0 fully saturated rings. The van der Waals surface area contributed by atoms with Crippen LogP contribution in [0.3, 0.4) is 0 Å². The predicted molar refractivity (Wildman–Crippen MR) is 66.2 cm³/mol. The van der Waals surface area contributed by atoms with E-state index in [9.17, 15) is 4.79 Å². The van der Waals surface area contributed by atoms with Crippen molar-refractivity contribution >= 4 is 11.6 Å². The third-order valence-electron chi connectivity index (χ3n) is 2.23. The van der Waals surface area contributed by atoms with Crippen molar-refractivity contribution in [2.45, 2.75) is 13.0 Å². The van der Waals surface area contributed by atoms with Crippen LogP contribution >= 0.6 is 0 Å². The molecule has 0 aromatic heterocycles. The fourth-order valence-corrected chi connectivity index (χ4v) is 1.41. The van der Waals surface area contributed by atoms with Crippen LogP contribution < -0.4 is 15.8 Å². The Balaban J connectivity index is 2.86. The van der Waals surface area contributed by atoms with Crippen LogP contribution in [0.5, 0.6) is 5.75 Å². The van der Waals surface area contributed by atoms with E-state index in [0.717, 1.165) is 0 Å². The zero-order chi connectivity index (χ0) is 12.8. The minimum Gasteiger partial charge on any atom is -0.486 e. The molecule has 1 rings (SSSR count). The number of methoxy groups -OCH3 is 1. The number of benzene rings is 1. The van der Waals surface area contributed by atoms with Gasteiger partial charge in [-0.2, -0.15) is 0 Å². The lowest BCUT2D eigenvalue weighted by atomic mass is 10.2. The van der Waals surface area contributed by atoms with E-state index >= 15 is 0 Å². The van der Waals surface area contributed by atoms with Crippen LogP contribution in [0, 0.1) is 0 Å². The molecule has 5 heteroatoms. The SMILES string of the molecule is CNC(=O)c1ccc(N)c(OC(C)COC)c1. The van der Waals surface area contributed by atoms with E-state index in [1.807, 2.05) is 6.92 Å². The molecule has 1 unspecified atom stereocenters. The molecule has 1 amide bonds. The normalized spacial score (nSPS) is 11.9. The van der Waals surface area contributed by atoms with Crippen molar-refractivity contribution in [3.63, 3.8) is 0 Å². The number of rotatable bonds is 5. The van der Waals surface area contributed by atoms with E-state index in [1.54, 1.807) is 32.4 Å². The number of nitrogen functional groups attached to an aromatic ring is 1. The number of ether oxygens (including phenoxy) is 2. The predicted octanol–water partition coefficient (Wildman–Crippen LogP) is 1.04. The molecule has 5 nitrogen and oxygen atoms in total. The molecule has 0 heterocycles. The van der Waals surface area contributed by atoms with Crippen molar-refractivity contribution in [1.82, 2.24) is 5.32 Å². The Labute approximate surface area is 101 Å². The third-order valence-corrected chi connectivity index (χ3v) is 2.23. The molecule has 0 aliphatic rings. The highest BCUT2D eigenvalue weighted by molar-refractivity contribution is 5.95. The van der Waals surface area contributed by atoms with Crippen molar-refractivity contribution in [3.8, 4) is 5.75 Å². The second kappa shape index (κ2) is 6.10. The monoisotopic (exact) mass is 238 g/mol. The van der Waals surface area contributed by atoms with Crippen molar-refractivity contribution in [3.05, 3.63) is 23.8 Å². The van der Waals surface area contributed by atoms with Gasteiger partial charge in [0.05, 0.1) is 12.3 Å². The summed E-state index contributed by atoms with van der Waals surface area (Å²) in [6.45, 7) is 2.33. The van der Waals surface area contributed by atoms with Crippen LogP contribution in [0.2, 0.25) is 0 Å². The average Bonchev–Trinajstić information content (AvgIpc) is 2.31. The van der Waals surface area contributed by atoms with E-state index in [2.05, 4.69) is 5.32 Å². The zero-order valence-electron chi connectivity index (χ0n) is 10.3. The second-order valence-corrected chi connectivity index (χ2v) is 3.72. The lowest BCUT2D eigenvalue weighted by Gasteiger charge is -2.16. The lowest BCUT2D eigenvalue weighted by Crippen LogP contribution is -2.20. The van der Waals surface area contributed by atoms with Gasteiger partial charge in [0.2, 0.25) is 0 Å². The van der Waals surface area contributed by atoms with Gasteiger partial charge in [0.1, 0.15) is 11.9 Å². The molecule has 0 radical (unpaired) electrons. The van der Waals surface area contributed by atoms with Gasteiger partial charge < -0.3 is 20.5 Å². The number of nitrogens with one attached hydrogen (secondary N) is 1.